The molecular formula is C34H49F. The number of hydrogen-bond donors (Lipinski definition) is 0. The fourth-order valence-electron chi connectivity index (χ4n) is 6.62. The van der Waals surface area contributed by atoms with Crippen LogP contribution in [0.5, 0.6) is 0 Å². The standard InChI is InChI=1S/C34H49F/c1-3-5-7-9-26-11-15-28(16-12-26)29-19-21-31(22-20-29)33-24-23-32(25-34(33)35)30-17-13-27(14-18-30)10-8-6-4-2/h19-28,30H,3-18H2,1-2H3/i19D,20D,21D. The normalized spacial score (nSPS) is 26.2. The van der Waals surface area contributed by atoms with Crippen molar-refractivity contribution in [1.29, 1.82) is 0 Å². The first-order chi connectivity index (χ1) is 18.4. The van der Waals surface area contributed by atoms with E-state index in [1.165, 1.54) is 64.2 Å². The zero-order chi connectivity index (χ0) is 27.1. The van der Waals surface area contributed by atoms with Crippen LogP contribution in [0.1, 0.15) is 144 Å². The number of unbranched alkanes of at least 4 members (excludes halogenated alkanes) is 4. The molecule has 0 saturated heterocycles. The average molecular weight is 480 g/mol. The summed E-state index contributed by atoms with van der Waals surface area (Å²) in [5, 5.41) is 0. The molecule has 35 heavy (non-hydrogen) atoms. The van der Waals surface area contributed by atoms with Crippen LogP contribution >= 0.6 is 0 Å². The van der Waals surface area contributed by atoms with Gasteiger partial charge in [-0.2, -0.15) is 0 Å². The Kier molecular flexibility index (Phi) is 8.78. The molecule has 0 spiro atoms. The monoisotopic (exact) mass is 479 g/mol. The van der Waals surface area contributed by atoms with Gasteiger partial charge >= 0.3 is 0 Å². The van der Waals surface area contributed by atoms with E-state index in [0.29, 0.717) is 28.7 Å². The third kappa shape index (κ3) is 7.43. The van der Waals surface area contributed by atoms with E-state index in [-0.39, 0.29) is 23.8 Å². The Hall–Kier alpha value is -1.63. The molecule has 0 aliphatic heterocycles. The van der Waals surface area contributed by atoms with Crippen molar-refractivity contribution in [3.8, 4) is 11.1 Å². The smallest absolute Gasteiger partial charge is 0.131 e. The predicted octanol–water partition coefficient (Wildman–Crippen LogP) is 11.2. The summed E-state index contributed by atoms with van der Waals surface area (Å²) in [5.41, 5.74) is 2.52. The van der Waals surface area contributed by atoms with Crippen LogP contribution in [-0.2, 0) is 0 Å². The Morgan fingerprint density at radius 3 is 1.80 bits per heavy atom. The second kappa shape index (κ2) is 13.6. The Bertz CT molecular complexity index is 1030. The largest absolute Gasteiger partial charge is 0.206 e. The summed E-state index contributed by atoms with van der Waals surface area (Å²) >= 11 is 0. The molecule has 2 aliphatic rings. The summed E-state index contributed by atoms with van der Waals surface area (Å²) < 4.78 is 41.7. The van der Waals surface area contributed by atoms with Crippen LogP contribution < -0.4 is 0 Å². The first-order valence-corrected chi connectivity index (χ1v) is 14.8. The molecule has 2 aromatic carbocycles. The van der Waals surface area contributed by atoms with E-state index >= 15 is 4.39 Å². The van der Waals surface area contributed by atoms with Crippen molar-refractivity contribution in [3.05, 3.63) is 59.3 Å². The SMILES string of the molecule is [2H]c1cc(-c2ccc(C3CCC(CCCCC)CC3)cc2F)c([2H])c([2H])c1C1CCC(CCCCC)CC1. The molecule has 1 heteroatoms. The van der Waals surface area contributed by atoms with Crippen LogP contribution in [-0.4, -0.2) is 0 Å². The Morgan fingerprint density at radius 1 is 0.686 bits per heavy atom. The van der Waals surface area contributed by atoms with Crippen molar-refractivity contribution in [2.75, 3.05) is 0 Å². The van der Waals surface area contributed by atoms with E-state index in [9.17, 15) is 0 Å². The molecule has 2 saturated carbocycles. The Morgan fingerprint density at radius 2 is 1.26 bits per heavy atom. The summed E-state index contributed by atoms with van der Waals surface area (Å²) in [5.74, 6) is 1.86. The highest BCUT2D eigenvalue weighted by Gasteiger charge is 2.24. The van der Waals surface area contributed by atoms with Gasteiger partial charge in [0.1, 0.15) is 5.82 Å². The fourth-order valence-corrected chi connectivity index (χ4v) is 6.62. The molecular weight excluding hydrogens is 427 g/mol. The number of benzene rings is 2. The lowest BCUT2D eigenvalue weighted by atomic mass is 9.76. The molecule has 0 nitrogen and oxygen atoms in total. The maximum Gasteiger partial charge on any atom is 0.131 e. The maximum absolute atomic E-state index is 15.4. The van der Waals surface area contributed by atoms with E-state index in [0.717, 1.165) is 55.9 Å². The average Bonchev–Trinajstić information content (AvgIpc) is 2.92. The van der Waals surface area contributed by atoms with E-state index in [1.54, 1.807) is 18.2 Å². The molecule has 2 aromatic rings. The molecule has 0 amide bonds. The van der Waals surface area contributed by atoms with Crippen molar-refractivity contribution in [3.63, 3.8) is 0 Å². The molecule has 0 N–H and O–H groups in total. The lowest BCUT2D eigenvalue weighted by Gasteiger charge is -2.29. The lowest BCUT2D eigenvalue weighted by Crippen LogP contribution is -2.13. The highest BCUT2D eigenvalue weighted by Crippen LogP contribution is 2.40. The van der Waals surface area contributed by atoms with Crippen molar-refractivity contribution in [1.82, 2.24) is 0 Å². The molecule has 0 bridgehead atoms. The van der Waals surface area contributed by atoms with Crippen molar-refractivity contribution in [2.24, 2.45) is 11.8 Å². The molecule has 2 aliphatic carbocycles. The third-order valence-electron chi connectivity index (χ3n) is 8.99. The van der Waals surface area contributed by atoms with Gasteiger partial charge in [-0.25, -0.2) is 4.39 Å². The van der Waals surface area contributed by atoms with Gasteiger partial charge in [0.15, 0.2) is 0 Å². The topological polar surface area (TPSA) is 0 Å². The summed E-state index contributed by atoms with van der Waals surface area (Å²) in [6.45, 7) is 4.50. The number of rotatable bonds is 11. The van der Waals surface area contributed by atoms with Crippen LogP contribution in [0.15, 0.2) is 42.4 Å². The maximum atomic E-state index is 15.4. The van der Waals surface area contributed by atoms with Crippen molar-refractivity contribution in [2.45, 2.75) is 128 Å². The molecule has 192 valence electrons. The van der Waals surface area contributed by atoms with Crippen LogP contribution in [0.25, 0.3) is 11.1 Å². The van der Waals surface area contributed by atoms with Crippen LogP contribution in [0.3, 0.4) is 0 Å². The molecule has 0 aromatic heterocycles. The lowest BCUT2D eigenvalue weighted by molar-refractivity contribution is 0.302. The predicted molar refractivity (Wildman–Crippen MR) is 150 cm³/mol. The van der Waals surface area contributed by atoms with Gasteiger partial charge in [-0.1, -0.05) is 102 Å². The van der Waals surface area contributed by atoms with Crippen molar-refractivity contribution < 1.29 is 8.50 Å². The molecule has 2 fully saturated rings. The van der Waals surface area contributed by atoms with Gasteiger partial charge < -0.3 is 0 Å². The highest BCUT2D eigenvalue weighted by molar-refractivity contribution is 5.65. The second-order valence-electron chi connectivity index (χ2n) is 11.5. The number of hydrogen-bond acceptors (Lipinski definition) is 0. The first-order valence-electron chi connectivity index (χ1n) is 16.3. The van der Waals surface area contributed by atoms with Gasteiger partial charge in [-0.15, -0.1) is 0 Å². The Labute approximate surface area is 219 Å². The van der Waals surface area contributed by atoms with Gasteiger partial charge in [0.25, 0.3) is 0 Å². The molecule has 0 radical (unpaired) electrons. The van der Waals surface area contributed by atoms with Crippen molar-refractivity contribution >= 4 is 0 Å². The van der Waals surface area contributed by atoms with Gasteiger partial charge in [-0.3, -0.25) is 0 Å². The van der Waals surface area contributed by atoms with E-state index in [4.69, 9.17) is 4.11 Å². The zero-order valence-corrected chi connectivity index (χ0v) is 22.3. The summed E-state index contributed by atoms with van der Waals surface area (Å²) in [7, 11) is 0. The van der Waals surface area contributed by atoms with Gasteiger partial charge in [-0.05, 0) is 97.8 Å². The first kappa shape index (κ1) is 22.6. The minimum Gasteiger partial charge on any atom is -0.206 e. The van der Waals surface area contributed by atoms with Crippen LogP contribution in [0.4, 0.5) is 4.39 Å². The molecule has 0 heterocycles. The third-order valence-corrected chi connectivity index (χ3v) is 8.99. The molecule has 0 unspecified atom stereocenters. The number of halogens is 1. The van der Waals surface area contributed by atoms with Gasteiger partial charge in [0.2, 0.25) is 0 Å². The van der Waals surface area contributed by atoms with E-state index in [1.807, 2.05) is 6.07 Å². The van der Waals surface area contributed by atoms with E-state index < -0.39 is 0 Å². The fraction of sp³-hybridized carbons (Fsp3) is 0.647. The Balaban J connectivity index is 1.43. The van der Waals surface area contributed by atoms with Gasteiger partial charge in [0.05, 0.1) is 4.11 Å². The molecule has 0 atom stereocenters. The quantitative estimate of drug-likeness (QED) is 0.281. The summed E-state index contributed by atoms with van der Waals surface area (Å²) in [6, 6.07) is 7.65. The summed E-state index contributed by atoms with van der Waals surface area (Å²) in [4.78, 5) is 0. The minimum absolute atomic E-state index is 0.0697. The second-order valence-corrected chi connectivity index (χ2v) is 11.5. The van der Waals surface area contributed by atoms with E-state index in [2.05, 4.69) is 13.8 Å². The highest BCUT2D eigenvalue weighted by atomic mass is 19.1. The minimum atomic E-state index is -0.319. The zero-order valence-electron chi connectivity index (χ0n) is 25.3. The summed E-state index contributed by atoms with van der Waals surface area (Å²) in [6.07, 6.45) is 19.4. The van der Waals surface area contributed by atoms with Gasteiger partial charge in [0, 0.05) is 5.56 Å². The van der Waals surface area contributed by atoms with Crippen LogP contribution in [0, 0.1) is 17.7 Å². The van der Waals surface area contributed by atoms with Crippen LogP contribution in [0.2, 0.25) is 0 Å². The molecule has 4 rings (SSSR count).